The molecular weight excluding hydrogens is 254 g/mol. The number of thioether (sulfide) groups is 1. The van der Waals surface area contributed by atoms with Crippen molar-refractivity contribution in [3.05, 3.63) is 18.2 Å². The van der Waals surface area contributed by atoms with E-state index in [-0.39, 0.29) is 6.04 Å². The molecule has 5 nitrogen and oxygen atoms in total. The first-order chi connectivity index (χ1) is 8.26. The lowest BCUT2D eigenvalue weighted by Gasteiger charge is -2.15. The van der Waals surface area contributed by atoms with Crippen LogP contribution in [0, 0.1) is 0 Å². The van der Waals surface area contributed by atoms with E-state index in [0.717, 1.165) is 22.1 Å². The Bertz CT molecular complexity index is 465. The van der Waals surface area contributed by atoms with Crippen LogP contribution < -0.4 is 11.1 Å². The van der Waals surface area contributed by atoms with Gasteiger partial charge in [-0.3, -0.25) is 0 Å². The van der Waals surface area contributed by atoms with Crippen LogP contribution in [-0.4, -0.2) is 20.6 Å². The Morgan fingerprint density at radius 3 is 3.06 bits per heavy atom. The van der Waals surface area contributed by atoms with Gasteiger partial charge in [0.15, 0.2) is 5.82 Å². The third kappa shape index (κ3) is 2.55. The summed E-state index contributed by atoms with van der Waals surface area (Å²) in [5.41, 5.74) is 5.80. The highest BCUT2D eigenvalue weighted by Crippen LogP contribution is 2.36. The maximum Gasteiger partial charge on any atom is 0.153 e. The molecule has 2 heterocycles. The molecule has 0 fully saturated rings. The number of nitrogens with zero attached hydrogens (tertiary/aromatic N) is 2. The summed E-state index contributed by atoms with van der Waals surface area (Å²) < 4.78 is 4.16. The van der Waals surface area contributed by atoms with Crippen LogP contribution in [0.4, 0.5) is 10.8 Å². The molecule has 7 heteroatoms. The Kier molecular flexibility index (Phi) is 3.90. The largest absolute Gasteiger partial charge is 0.382 e. The fourth-order valence-corrected chi connectivity index (χ4v) is 3.16. The van der Waals surface area contributed by atoms with Crippen LogP contribution in [0.3, 0.4) is 0 Å². The van der Waals surface area contributed by atoms with Crippen molar-refractivity contribution in [2.24, 2.45) is 0 Å². The van der Waals surface area contributed by atoms with Gasteiger partial charge in [0, 0.05) is 12.4 Å². The molecule has 0 aliphatic heterocycles. The van der Waals surface area contributed by atoms with Crippen LogP contribution in [0.15, 0.2) is 17.3 Å². The molecule has 4 N–H and O–H groups in total. The Labute approximate surface area is 108 Å². The van der Waals surface area contributed by atoms with Crippen molar-refractivity contribution in [1.29, 1.82) is 0 Å². The van der Waals surface area contributed by atoms with E-state index in [1.165, 1.54) is 11.5 Å². The number of hydrogen-bond acceptors (Lipinski definition) is 6. The number of aromatic nitrogens is 3. The second-order valence-corrected chi connectivity index (χ2v) is 5.10. The number of anilines is 2. The third-order valence-corrected chi connectivity index (χ3v) is 4.18. The molecule has 0 aliphatic carbocycles. The van der Waals surface area contributed by atoms with Crippen molar-refractivity contribution in [3.63, 3.8) is 0 Å². The molecule has 0 aliphatic rings. The van der Waals surface area contributed by atoms with E-state index in [2.05, 4.69) is 26.6 Å². The number of imidazole rings is 1. The van der Waals surface area contributed by atoms with E-state index in [0.29, 0.717) is 5.82 Å². The topological polar surface area (TPSA) is 79.6 Å². The second kappa shape index (κ2) is 5.42. The SMILES string of the molecule is CCC(Nc1snc(N)c1SC)c1ncc[nH]1. The lowest BCUT2D eigenvalue weighted by atomic mass is 10.2. The minimum atomic E-state index is 0.163. The molecule has 92 valence electrons. The van der Waals surface area contributed by atoms with Gasteiger partial charge in [0.2, 0.25) is 0 Å². The molecule has 0 spiro atoms. The van der Waals surface area contributed by atoms with Gasteiger partial charge in [0.1, 0.15) is 10.8 Å². The van der Waals surface area contributed by atoms with Crippen molar-refractivity contribution < 1.29 is 0 Å². The van der Waals surface area contributed by atoms with Crippen molar-refractivity contribution in [3.8, 4) is 0 Å². The molecular formula is C10H15N5S2. The number of nitrogen functional groups attached to an aromatic ring is 1. The number of hydrogen-bond donors (Lipinski definition) is 3. The Balaban J connectivity index is 2.18. The normalized spacial score (nSPS) is 12.6. The maximum absolute atomic E-state index is 5.80. The summed E-state index contributed by atoms with van der Waals surface area (Å²) in [6.45, 7) is 2.11. The maximum atomic E-state index is 5.80. The predicted molar refractivity (Wildman–Crippen MR) is 73.5 cm³/mol. The van der Waals surface area contributed by atoms with Gasteiger partial charge in [-0.15, -0.1) is 11.8 Å². The number of aromatic amines is 1. The summed E-state index contributed by atoms with van der Waals surface area (Å²) >= 11 is 3.00. The zero-order valence-electron chi connectivity index (χ0n) is 9.73. The molecule has 2 aromatic heterocycles. The molecule has 2 aromatic rings. The zero-order valence-corrected chi connectivity index (χ0v) is 11.4. The first-order valence-electron chi connectivity index (χ1n) is 5.31. The van der Waals surface area contributed by atoms with Crippen LogP contribution in [0.1, 0.15) is 25.2 Å². The minimum Gasteiger partial charge on any atom is -0.382 e. The van der Waals surface area contributed by atoms with Gasteiger partial charge in [0.05, 0.1) is 10.9 Å². The van der Waals surface area contributed by atoms with Crippen LogP contribution in [0.5, 0.6) is 0 Å². The van der Waals surface area contributed by atoms with Gasteiger partial charge >= 0.3 is 0 Å². The lowest BCUT2D eigenvalue weighted by Crippen LogP contribution is -2.10. The van der Waals surface area contributed by atoms with E-state index in [1.54, 1.807) is 18.0 Å². The van der Waals surface area contributed by atoms with Gasteiger partial charge < -0.3 is 16.0 Å². The second-order valence-electron chi connectivity index (χ2n) is 3.51. The van der Waals surface area contributed by atoms with Crippen molar-refractivity contribution in [2.45, 2.75) is 24.3 Å². The van der Waals surface area contributed by atoms with E-state index < -0.39 is 0 Å². The van der Waals surface area contributed by atoms with Crippen LogP contribution in [0.25, 0.3) is 0 Å². The average Bonchev–Trinajstić information content (AvgIpc) is 2.95. The number of H-pyrrole nitrogens is 1. The van der Waals surface area contributed by atoms with Gasteiger partial charge in [-0.25, -0.2) is 4.98 Å². The van der Waals surface area contributed by atoms with Gasteiger partial charge in [-0.1, -0.05) is 6.92 Å². The van der Waals surface area contributed by atoms with E-state index >= 15 is 0 Å². The number of nitrogens with one attached hydrogen (secondary N) is 2. The van der Waals surface area contributed by atoms with Gasteiger partial charge in [0.25, 0.3) is 0 Å². The van der Waals surface area contributed by atoms with E-state index in [9.17, 15) is 0 Å². The quantitative estimate of drug-likeness (QED) is 0.727. The molecule has 0 saturated heterocycles. The average molecular weight is 269 g/mol. The Hall–Kier alpha value is -1.21. The molecule has 1 unspecified atom stereocenters. The van der Waals surface area contributed by atoms with Crippen LogP contribution in [-0.2, 0) is 0 Å². The Morgan fingerprint density at radius 2 is 2.47 bits per heavy atom. The van der Waals surface area contributed by atoms with Gasteiger partial charge in [-0.05, 0) is 24.2 Å². The third-order valence-electron chi connectivity index (χ3n) is 2.44. The molecule has 0 aromatic carbocycles. The van der Waals surface area contributed by atoms with Crippen molar-refractivity contribution in [2.75, 3.05) is 17.3 Å². The van der Waals surface area contributed by atoms with E-state index in [1.807, 2.05) is 12.5 Å². The molecule has 2 rings (SSSR count). The summed E-state index contributed by atoms with van der Waals surface area (Å²) in [4.78, 5) is 8.41. The van der Waals surface area contributed by atoms with Crippen LogP contribution >= 0.6 is 23.3 Å². The standard InChI is InChI=1S/C10H15N5S2/c1-3-6(9-12-4-5-13-9)14-10-7(16-2)8(11)15-17-10/h4-6,14H,3H2,1-2H3,(H2,11,15)(H,12,13). The summed E-state index contributed by atoms with van der Waals surface area (Å²) in [5.74, 6) is 1.53. The molecule has 0 saturated carbocycles. The first kappa shape index (κ1) is 12.3. The predicted octanol–water partition coefficient (Wildman–Crippen LogP) is 2.73. The number of rotatable bonds is 5. The molecule has 0 bridgehead atoms. The summed E-state index contributed by atoms with van der Waals surface area (Å²) in [5, 5.41) is 4.45. The summed E-state index contributed by atoms with van der Waals surface area (Å²) in [6, 6.07) is 0.163. The van der Waals surface area contributed by atoms with Crippen LogP contribution in [0.2, 0.25) is 0 Å². The molecule has 17 heavy (non-hydrogen) atoms. The highest BCUT2D eigenvalue weighted by atomic mass is 32.2. The minimum absolute atomic E-state index is 0.163. The fourth-order valence-electron chi connectivity index (χ4n) is 1.57. The first-order valence-corrected chi connectivity index (χ1v) is 7.31. The molecule has 0 amide bonds. The molecule has 1 atom stereocenters. The fraction of sp³-hybridized carbons (Fsp3) is 0.400. The summed E-state index contributed by atoms with van der Waals surface area (Å²) in [6.07, 6.45) is 6.53. The Morgan fingerprint density at radius 1 is 1.65 bits per heavy atom. The van der Waals surface area contributed by atoms with E-state index in [4.69, 9.17) is 5.73 Å². The van der Waals surface area contributed by atoms with Crippen molar-refractivity contribution in [1.82, 2.24) is 14.3 Å². The zero-order chi connectivity index (χ0) is 12.3. The number of nitrogens with two attached hydrogens (primary N) is 1. The smallest absolute Gasteiger partial charge is 0.153 e. The highest BCUT2D eigenvalue weighted by Gasteiger charge is 2.16. The van der Waals surface area contributed by atoms with Gasteiger partial charge in [-0.2, -0.15) is 4.37 Å². The summed E-state index contributed by atoms with van der Waals surface area (Å²) in [7, 11) is 0. The highest BCUT2D eigenvalue weighted by molar-refractivity contribution is 7.99. The molecule has 0 radical (unpaired) electrons. The monoisotopic (exact) mass is 269 g/mol. The lowest BCUT2D eigenvalue weighted by molar-refractivity contribution is 0.704. The van der Waals surface area contributed by atoms with Crippen molar-refractivity contribution >= 4 is 34.1 Å².